The monoisotopic (exact) mass is 510 g/mol. The van der Waals surface area contributed by atoms with Gasteiger partial charge < -0.3 is 5.11 Å². The van der Waals surface area contributed by atoms with Crippen LogP contribution in [0.2, 0.25) is 0 Å². The van der Waals surface area contributed by atoms with E-state index in [9.17, 15) is 15.2 Å². The molecule has 0 aliphatic rings. The topological polar surface area (TPSA) is 93.0 Å². The van der Waals surface area contributed by atoms with Crippen LogP contribution in [0.1, 0.15) is 5.56 Å². The second kappa shape index (κ2) is 8.15. The van der Waals surface area contributed by atoms with E-state index in [1.165, 1.54) is 29.7 Å². The number of non-ortho nitro benzene ring substituents is 1. The minimum atomic E-state index is -0.440. The standard InChI is InChI=1S/C17H12Br2N4O3S/c1-20-17-22(21-8-11-6-12(18)7-14(19)16(11)24)15(9-27-17)10-2-4-13(5-3-10)23(25)26/h2-9,24H,1H3/b20-17?,21-8+. The molecule has 138 valence electrons. The molecule has 2 aromatic carbocycles. The number of aromatic hydroxyl groups is 1. The number of nitro benzene ring substituents is 1. The molecule has 3 aromatic rings. The first-order chi connectivity index (χ1) is 12.9. The molecular weight excluding hydrogens is 500 g/mol. The summed E-state index contributed by atoms with van der Waals surface area (Å²) in [6, 6.07) is 9.70. The molecular formula is C17H12Br2N4O3S. The zero-order valence-corrected chi connectivity index (χ0v) is 17.8. The van der Waals surface area contributed by atoms with E-state index in [1.807, 2.05) is 5.38 Å². The SMILES string of the molecule is CN=c1scc(-c2ccc([N+](=O)[O-])cc2)n1/N=C/c1cc(Br)cc(Br)c1O. The van der Waals surface area contributed by atoms with E-state index in [2.05, 4.69) is 42.0 Å². The molecule has 0 saturated carbocycles. The van der Waals surface area contributed by atoms with Gasteiger partial charge in [-0.2, -0.15) is 5.10 Å². The van der Waals surface area contributed by atoms with Crippen LogP contribution < -0.4 is 4.80 Å². The van der Waals surface area contributed by atoms with Crippen molar-refractivity contribution in [1.82, 2.24) is 4.68 Å². The number of phenolic OH excluding ortho intramolecular Hbond substituents is 1. The Morgan fingerprint density at radius 2 is 1.96 bits per heavy atom. The van der Waals surface area contributed by atoms with E-state index in [-0.39, 0.29) is 11.4 Å². The molecule has 0 aliphatic carbocycles. The van der Waals surface area contributed by atoms with Gasteiger partial charge in [0, 0.05) is 40.2 Å². The van der Waals surface area contributed by atoms with Gasteiger partial charge >= 0.3 is 0 Å². The van der Waals surface area contributed by atoms with Crippen molar-refractivity contribution in [3.8, 4) is 17.0 Å². The second-order valence-electron chi connectivity index (χ2n) is 5.31. The maximum Gasteiger partial charge on any atom is 0.269 e. The van der Waals surface area contributed by atoms with Crippen molar-refractivity contribution in [2.45, 2.75) is 0 Å². The summed E-state index contributed by atoms with van der Waals surface area (Å²) in [5.74, 6) is 0.0738. The fourth-order valence-electron chi connectivity index (χ4n) is 2.32. The number of thiazole rings is 1. The first-order valence-electron chi connectivity index (χ1n) is 7.51. The molecule has 0 atom stereocenters. The van der Waals surface area contributed by atoms with Crippen molar-refractivity contribution in [3.63, 3.8) is 0 Å². The molecule has 0 amide bonds. The van der Waals surface area contributed by atoms with Crippen molar-refractivity contribution in [1.29, 1.82) is 0 Å². The van der Waals surface area contributed by atoms with Crippen LogP contribution in [0.5, 0.6) is 5.75 Å². The molecule has 1 N–H and O–H groups in total. The largest absolute Gasteiger partial charge is 0.506 e. The third kappa shape index (κ3) is 4.18. The fourth-order valence-corrected chi connectivity index (χ4v) is 4.38. The van der Waals surface area contributed by atoms with Gasteiger partial charge in [-0.25, -0.2) is 4.68 Å². The predicted molar refractivity (Wildman–Crippen MR) is 112 cm³/mol. The van der Waals surface area contributed by atoms with E-state index in [0.29, 0.717) is 14.8 Å². The first-order valence-corrected chi connectivity index (χ1v) is 9.98. The van der Waals surface area contributed by atoms with Crippen molar-refractivity contribution >= 4 is 55.1 Å². The molecule has 1 aromatic heterocycles. The third-order valence-corrected chi connectivity index (χ3v) is 5.59. The summed E-state index contributed by atoms with van der Waals surface area (Å²) in [4.78, 5) is 15.3. The number of hydrogen-bond acceptors (Lipinski definition) is 6. The maximum absolute atomic E-state index is 10.8. The van der Waals surface area contributed by atoms with E-state index >= 15 is 0 Å². The summed E-state index contributed by atoms with van der Waals surface area (Å²) in [5.41, 5.74) is 2.05. The lowest BCUT2D eigenvalue weighted by molar-refractivity contribution is -0.384. The molecule has 0 unspecified atom stereocenters. The summed E-state index contributed by atoms with van der Waals surface area (Å²) in [7, 11) is 1.66. The Labute approximate surface area is 174 Å². The zero-order valence-electron chi connectivity index (χ0n) is 13.8. The normalized spacial score (nSPS) is 12.0. The van der Waals surface area contributed by atoms with Gasteiger partial charge in [0.05, 0.1) is 21.3 Å². The third-order valence-electron chi connectivity index (χ3n) is 3.62. The summed E-state index contributed by atoms with van der Waals surface area (Å²) in [6.45, 7) is 0. The average Bonchev–Trinajstić information content (AvgIpc) is 3.06. The Balaban J connectivity index is 2.06. The van der Waals surface area contributed by atoms with Gasteiger partial charge in [-0.15, -0.1) is 11.3 Å². The lowest BCUT2D eigenvalue weighted by Crippen LogP contribution is -2.11. The molecule has 3 rings (SSSR count). The Morgan fingerprint density at radius 1 is 1.26 bits per heavy atom. The smallest absolute Gasteiger partial charge is 0.269 e. The number of hydrogen-bond donors (Lipinski definition) is 1. The van der Waals surface area contributed by atoms with Gasteiger partial charge in [0.2, 0.25) is 4.80 Å². The van der Waals surface area contributed by atoms with Gasteiger partial charge in [0.1, 0.15) is 5.75 Å². The van der Waals surface area contributed by atoms with Gasteiger partial charge in [0.25, 0.3) is 5.69 Å². The molecule has 0 saturated heterocycles. The molecule has 7 nitrogen and oxygen atoms in total. The fraction of sp³-hybridized carbons (Fsp3) is 0.0588. The molecule has 0 radical (unpaired) electrons. The number of halogens is 2. The van der Waals surface area contributed by atoms with E-state index in [1.54, 1.807) is 36.0 Å². The second-order valence-corrected chi connectivity index (χ2v) is 7.92. The van der Waals surface area contributed by atoms with E-state index < -0.39 is 4.92 Å². The van der Waals surface area contributed by atoms with Crippen LogP contribution in [-0.2, 0) is 0 Å². The Bertz CT molecular complexity index is 1100. The summed E-state index contributed by atoms with van der Waals surface area (Å²) in [6.07, 6.45) is 1.53. The van der Waals surface area contributed by atoms with Gasteiger partial charge in [0.15, 0.2) is 0 Å². The highest BCUT2D eigenvalue weighted by atomic mass is 79.9. The van der Waals surface area contributed by atoms with Crippen molar-refractivity contribution < 1.29 is 10.0 Å². The van der Waals surface area contributed by atoms with Crippen LogP contribution >= 0.6 is 43.2 Å². The molecule has 0 bridgehead atoms. The molecule has 0 fully saturated rings. The Hall–Kier alpha value is -2.30. The van der Waals surface area contributed by atoms with Gasteiger partial charge in [-0.05, 0) is 40.2 Å². The van der Waals surface area contributed by atoms with Gasteiger partial charge in [-0.1, -0.05) is 15.9 Å². The minimum Gasteiger partial charge on any atom is -0.506 e. The summed E-state index contributed by atoms with van der Waals surface area (Å²) >= 11 is 8.07. The van der Waals surface area contributed by atoms with Crippen LogP contribution in [-0.4, -0.2) is 28.0 Å². The molecule has 0 aliphatic heterocycles. The minimum absolute atomic E-state index is 0.0216. The van der Waals surface area contributed by atoms with Crippen molar-refractivity contribution in [2.75, 3.05) is 7.05 Å². The van der Waals surface area contributed by atoms with Crippen LogP contribution in [0.15, 0.2) is 60.8 Å². The summed E-state index contributed by atoms with van der Waals surface area (Å²) in [5, 5.41) is 27.4. The number of aromatic nitrogens is 1. The van der Waals surface area contributed by atoms with Crippen molar-refractivity contribution in [3.05, 3.63) is 71.2 Å². The quantitative estimate of drug-likeness (QED) is 0.310. The number of nitro groups is 1. The van der Waals surface area contributed by atoms with Crippen LogP contribution in [0.25, 0.3) is 11.3 Å². The average molecular weight is 512 g/mol. The summed E-state index contributed by atoms with van der Waals surface area (Å²) < 4.78 is 2.96. The number of phenols is 1. The number of rotatable bonds is 4. The van der Waals surface area contributed by atoms with E-state index in [0.717, 1.165) is 15.7 Å². The molecule has 10 heteroatoms. The zero-order chi connectivity index (χ0) is 19.6. The van der Waals surface area contributed by atoms with Gasteiger partial charge in [-0.3, -0.25) is 15.1 Å². The van der Waals surface area contributed by atoms with Crippen LogP contribution in [0.4, 0.5) is 5.69 Å². The Kier molecular flexibility index (Phi) is 5.88. The molecule has 0 spiro atoms. The predicted octanol–water partition coefficient (Wildman–Crippen LogP) is 4.77. The van der Waals surface area contributed by atoms with Crippen LogP contribution in [0.3, 0.4) is 0 Å². The Morgan fingerprint density at radius 3 is 2.59 bits per heavy atom. The number of nitrogens with zero attached hydrogens (tertiary/aromatic N) is 4. The molecule has 1 heterocycles. The number of benzene rings is 2. The first kappa shape index (κ1) is 19.5. The lowest BCUT2D eigenvalue weighted by Gasteiger charge is -2.05. The highest BCUT2D eigenvalue weighted by Gasteiger charge is 2.11. The van der Waals surface area contributed by atoms with E-state index in [4.69, 9.17) is 0 Å². The maximum atomic E-state index is 10.8. The lowest BCUT2D eigenvalue weighted by atomic mass is 10.1. The molecule has 27 heavy (non-hydrogen) atoms. The highest BCUT2D eigenvalue weighted by molar-refractivity contribution is 9.11. The highest BCUT2D eigenvalue weighted by Crippen LogP contribution is 2.31. The van der Waals surface area contributed by atoms with Crippen molar-refractivity contribution in [2.24, 2.45) is 10.1 Å². The van der Waals surface area contributed by atoms with Crippen LogP contribution in [0, 0.1) is 10.1 Å².